The lowest BCUT2D eigenvalue weighted by Gasteiger charge is -2.23. The molecule has 0 amide bonds. The van der Waals surface area contributed by atoms with Gasteiger partial charge in [0.2, 0.25) is 0 Å². The third-order valence-corrected chi connectivity index (χ3v) is 3.26. The van der Waals surface area contributed by atoms with E-state index in [4.69, 9.17) is 23.7 Å². The molecule has 5 nitrogen and oxygen atoms in total. The van der Waals surface area contributed by atoms with Gasteiger partial charge in [0.25, 0.3) is 0 Å². The Labute approximate surface area is 109 Å². The van der Waals surface area contributed by atoms with E-state index in [0.29, 0.717) is 6.61 Å². The van der Waals surface area contributed by atoms with Crippen LogP contribution in [0, 0.1) is 0 Å². The van der Waals surface area contributed by atoms with Crippen LogP contribution in [0.5, 0.6) is 0 Å². The zero-order valence-corrected chi connectivity index (χ0v) is 11.7. The van der Waals surface area contributed by atoms with E-state index in [9.17, 15) is 0 Å². The smallest absolute Gasteiger partial charge is 0.186 e. The lowest BCUT2D eigenvalue weighted by atomic mass is 10.1. The van der Waals surface area contributed by atoms with Gasteiger partial charge in [-0.3, -0.25) is 0 Å². The van der Waals surface area contributed by atoms with Crippen molar-refractivity contribution in [3.05, 3.63) is 0 Å². The first-order chi connectivity index (χ1) is 8.57. The third kappa shape index (κ3) is 3.03. The van der Waals surface area contributed by atoms with Crippen molar-refractivity contribution in [2.24, 2.45) is 0 Å². The first kappa shape index (κ1) is 14.2. The quantitative estimate of drug-likeness (QED) is 0.680. The van der Waals surface area contributed by atoms with Crippen LogP contribution in [0.15, 0.2) is 0 Å². The van der Waals surface area contributed by atoms with Gasteiger partial charge in [-0.05, 0) is 20.3 Å². The lowest BCUT2D eigenvalue weighted by molar-refractivity contribution is -0.231. The molecule has 2 fully saturated rings. The molecule has 0 aromatic rings. The van der Waals surface area contributed by atoms with Crippen molar-refractivity contribution in [3.8, 4) is 0 Å². The summed E-state index contributed by atoms with van der Waals surface area (Å²) < 4.78 is 28.3. The largest absolute Gasteiger partial charge is 0.379 e. The predicted octanol–water partition coefficient (Wildman–Crippen LogP) is 1.69. The van der Waals surface area contributed by atoms with Crippen LogP contribution >= 0.6 is 0 Å². The van der Waals surface area contributed by atoms with Gasteiger partial charge in [0.1, 0.15) is 18.3 Å². The molecule has 0 aromatic heterocycles. The summed E-state index contributed by atoms with van der Waals surface area (Å²) in [5, 5.41) is 0. The van der Waals surface area contributed by atoms with E-state index < -0.39 is 5.79 Å². The minimum Gasteiger partial charge on any atom is -0.379 e. The van der Waals surface area contributed by atoms with Crippen molar-refractivity contribution < 1.29 is 23.7 Å². The van der Waals surface area contributed by atoms with Crippen LogP contribution in [-0.2, 0) is 23.7 Å². The van der Waals surface area contributed by atoms with E-state index in [-0.39, 0.29) is 24.6 Å². The molecule has 2 heterocycles. The van der Waals surface area contributed by atoms with Gasteiger partial charge in [0.15, 0.2) is 12.1 Å². The fourth-order valence-corrected chi connectivity index (χ4v) is 2.41. The lowest BCUT2D eigenvalue weighted by Crippen LogP contribution is -2.33. The molecule has 2 aliphatic heterocycles. The van der Waals surface area contributed by atoms with Crippen molar-refractivity contribution in [1.29, 1.82) is 0 Å². The minimum atomic E-state index is -0.572. The topological polar surface area (TPSA) is 46.2 Å². The van der Waals surface area contributed by atoms with Crippen LogP contribution in [0.4, 0.5) is 0 Å². The molecule has 2 saturated heterocycles. The van der Waals surface area contributed by atoms with E-state index in [2.05, 4.69) is 6.92 Å². The van der Waals surface area contributed by atoms with Gasteiger partial charge in [0.05, 0.1) is 6.61 Å². The van der Waals surface area contributed by atoms with Crippen molar-refractivity contribution in [2.75, 3.05) is 20.3 Å². The van der Waals surface area contributed by atoms with E-state index in [1.54, 1.807) is 7.11 Å². The molecule has 18 heavy (non-hydrogen) atoms. The van der Waals surface area contributed by atoms with Crippen LogP contribution in [0.3, 0.4) is 0 Å². The molecule has 0 aliphatic carbocycles. The number of hydrogen-bond acceptors (Lipinski definition) is 5. The first-order valence-electron chi connectivity index (χ1n) is 6.69. The number of rotatable bonds is 6. The second-order valence-electron chi connectivity index (χ2n) is 5.27. The molecule has 0 spiro atoms. The van der Waals surface area contributed by atoms with Gasteiger partial charge in [-0.2, -0.15) is 0 Å². The number of methoxy groups -OCH3 is 1. The Morgan fingerprint density at radius 3 is 2.56 bits per heavy atom. The van der Waals surface area contributed by atoms with E-state index >= 15 is 0 Å². The highest BCUT2D eigenvalue weighted by molar-refractivity contribution is 4.94. The molecule has 0 N–H and O–H groups in total. The van der Waals surface area contributed by atoms with Crippen LogP contribution < -0.4 is 0 Å². The number of ether oxygens (including phenoxy) is 5. The van der Waals surface area contributed by atoms with E-state index in [1.807, 2.05) is 13.8 Å². The minimum absolute atomic E-state index is 0.105. The third-order valence-electron chi connectivity index (χ3n) is 3.26. The zero-order chi connectivity index (χ0) is 13.2. The number of fused-ring (bicyclic) bond motifs is 1. The molecule has 2 rings (SSSR count). The molecule has 0 radical (unpaired) electrons. The highest BCUT2D eigenvalue weighted by Crippen LogP contribution is 2.38. The van der Waals surface area contributed by atoms with Gasteiger partial charge in [0, 0.05) is 13.7 Å². The standard InChI is InChI=1S/C13H24O5/c1-5-6-7-15-8-9-10-11(12(14-4)16-9)18-13(2,3)17-10/h9-12H,5-8H2,1-4H3/t9-,10-,11-,12+/m1/s1. The van der Waals surface area contributed by atoms with E-state index in [0.717, 1.165) is 19.4 Å². The summed E-state index contributed by atoms with van der Waals surface area (Å²) in [6, 6.07) is 0. The Morgan fingerprint density at radius 1 is 1.17 bits per heavy atom. The molecular formula is C13H24O5. The second kappa shape index (κ2) is 5.84. The summed E-state index contributed by atoms with van der Waals surface area (Å²) in [5.41, 5.74) is 0. The second-order valence-corrected chi connectivity index (χ2v) is 5.27. The molecule has 5 heteroatoms. The Morgan fingerprint density at radius 2 is 1.89 bits per heavy atom. The number of hydrogen-bond donors (Lipinski definition) is 0. The van der Waals surface area contributed by atoms with Crippen LogP contribution in [0.1, 0.15) is 33.6 Å². The van der Waals surface area contributed by atoms with E-state index in [1.165, 1.54) is 0 Å². The Bertz CT molecular complexity index is 268. The summed E-state index contributed by atoms with van der Waals surface area (Å²) in [5.74, 6) is -0.572. The Hall–Kier alpha value is -0.200. The summed E-state index contributed by atoms with van der Waals surface area (Å²) in [4.78, 5) is 0. The Balaban J connectivity index is 1.88. The van der Waals surface area contributed by atoms with Gasteiger partial charge in [-0.1, -0.05) is 13.3 Å². The summed E-state index contributed by atoms with van der Waals surface area (Å²) in [7, 11) is 1.62. The fourth-order valence-electron chi connectivity index (χ4n) is 2.41. The van der Waals surface area contributed by atoms with Crippen LogP contribution in [0.2, 0.25) is 0 Å². The molecule has 0 aromatic carbocycles. The maximum absolute atomic E-state index is 5.87. The Kier molecular flexibility index (Phi) is 4.61. The summed E-state index contributed by atoms with van der Waals surface area (Å²) in [6.45, 7) is 7.25. The van der Waals surface area contributed by atoms with Crippen molar-refractivity contribution in [3.63, 3.8) is 0 Å². The van der Waals surface area contributed by atoms with Crippen LogP contribution in [-0.4, -0.2) is 50.7 Å². The van der Waals surface area contributed by atoms with Gasteiger partial charge < -0.3 is 23.7 Å². The molecule has 106 valence electrons. The summed E-state index contributed by atoms with van der Waals surface area (Å²) in [6.07, 6.45) is 1.45. The van der Waals surface area contributed by atoms with Crippen LogP contribution in [0.25, 0.3) is 0 Å². The van der Waals surface area contributed by atoms with Gasteiger partial charge >= 0.3 is 0 Å². The monoisotopic (exact) mass is 260 g/mol. The van der Waals surface area contributed by atoms with Crippen molar-refractivity contribution >= 4 is 0 Å². The molecule has 0 unspecified atom stereocenters. The van der Waals surface area contributed by atoms with Gasteiger partial charge in [-0.25, -0.2) is 0 Å². The maximum Gasteiger partial charge on any atom is 0.186 e. The average Bonchev–Trinajstić information content (AvgIpc) is 2.78. The molecular weight excluding hydrogens is 236 g/mol. The predicted molar refractivity (Wildman–Crippen MR) is 65.2 cm³/mol. The molecule has 2 aliphatic rings. The fraction of sp³-hybridized carbons (Fsp3) is 1.00. The normalized spacial score (nSPS) is 38.0. The summed E-state index contributed by atoms with van der Waals surface area (Å²) >= 11 is 0. The SMILES string of the molecule is CCCCOC[C@H]1O[C@H](OC)[C@@H]2OC(C)(C)O[C@@H]21. The first-order valence-corrected chi connectivity index (χ1v) is 6.69. The average molecular weight is 260 g/mol. The molecule has 0 bridgehead atoms. The number of unbranched alkanes of at least 4 members (excludes halogenated alkanes) is 1. The highest BCUT2D eigenvalue weighted by Gasteiger charge is 2.55. The highest BCUT2D eigenvalue weighted by atomic mass is 16.8. The van der Waals surface area contributed by atoms with Crippen molar-refractivity contribution in [2.45, 2.75) is 64.0 Å². The molecule has 0 saturated carbocycles. The maximum atomic E-state index is 5.87. The van der Waals surface area contributed by atoms with Gasteiger partial charge in [-0.15, -0.1) is 0 Å². The zero-order valence-electron chi connectivity index (χ0n) is 11.7. The van der Waals surface area contributed by atoms with Crippen molar-refractivity contribution in [1.82, 2.24) is 0 Å². The molecule has 4 atom stereocenters.